The van der Waals surface area contributed by atoms with Crippen LogP contribution in [0, 0.1) is 0 Å². The Hall–Kier alpha value is -3.97. The molecule has 2 N–H and O–H groups in total. The van der Waals surface area contributed by atoms with Crippen molar-refractivity contribution < 1.29 is 9.53 Å². The zero-order valence-electron chi connectivity index (χ0n) is 15.8. The third-order valence-electron chi connectivity index (χ3n) is 4.56. The lowest BCUT2D eigenvalue weighted by Crippen LogP contribution is -2.07. The largest absolute Gasteiger partial charge is 0.437 e. The van der Waals surface area contributed by atoms with E-state index in [9.17, 15) is 4.79 Å². The van der Waals surface area contributed by atoms with Crippen LogP contribution < -0.4 is 10.1 Å². The minimum absolute atomic E-state index is 0.284. The molecule has 0 bridgehead atoms. The molecule has 0 radical (unpaired) electrons. The minimum atomic E-state index is -0.284. The fourth-order valence-corrected chi connectivity index (χ4v) is 4.26. The molecule has 0 unspecified atom stereocenters. The molecule has 146 valence electrons. The van der Waals surface area contributed by atoms with Crippen LogP contribution in [-0.2, 0) is 4.79 Å². The number of aromatic nitrogens is 3. The summed E-state index contributed by atoms with van der Waals surface area (Å²) in [6.07, 6.45) is 4.71. The van der Waals surface area contributed by atoms with E-state index in [1.165, 1.54) is 16.2 Å². The van der Waals surface area contributed by atoms with E-state index in [-0.39, 0.29) is 5.91 Å². The molecule has 6 nitrogen and oxygen atoms in total. The Morgan fingerprint density at radius 1 is 1.17 bits per heavy atom. The van der Waals surface area contributed by atoms with E-state index in [0.29, 0.717) is 23.0 Å². The third-order valence-corrected chi connectivity index (χ3v) is 5.71. The lowest BCUT2D eigenvalue weighted by molar-refractivity contribution is -0.111. The van der Waals surface area contributed by atoms with E-state index in [2.05, 4.69) is 45.0 Å². The zero-order valence-corrected chi connectivity index (χ0v) is 16.6. The maximum Gasteiger partial charge on any atom is 0.247 e. The molecule has 7 heteroatoms. The van der Waals surface area contributed by atoms with Gasteiger partial charge in [0.2, 0.25) is 11.8 Å². The summed E-state index contributed by atoms with van der Waals surface area (Å²) < 4.78 is 7.12. The SMILES string of the molecule is C=CC(=O)Nc1cccc(Oc2cnc3[nH]cc(-c4cc5ccccc5s4)c3n2)c1. The van der Waals surface area contributed by atoms with Crippen molar-refractivity contribution in [1.82, 2.24) is 15.0 Å². The average molecular weight is 412 g/mol. The molecule has 3 aromatic heterocycles. The molecular formula is C23H16N4O2S. The molecule has 0 fully saturated rings. The molecule has 0 spiro atoms. The summed E-state index contributed by atoms with van der Waals surface area (Å²) in [7, 11) is 0. The standard InChI is InChI=1S/C23H16N4O2S/c1-2-20(28)26-15-7-5-8-16(11-15)29-21-13-25-23-22(27-21)17(12-24-23)19-10-14-6-3-4-9-18(14)30-19/h2-13H,1H2,(H,24,25)(H,26,28). The van der Waals surface area contributed by atoms with Gasteiger partial charge in [0, 0.05) is 33.1 Å². The van der Waals surface area contributed by atoms with Gasteiger partial charge < -0.3 is 15.0 Å². The fourth-order valence-electron chi connectivity index (χ4n) is 3.18. The van der Waals surface area contributed by atoms with Crippen molar-refractivity contribution in [3.05, 3.63) is 79.6 Å². The first-order valence-electron chi connectivity index (χ1n) is 9.24. The first-order valence-corrected chi connectivity index (χ1v) is 10.1. The number of benzene rings is 2. The molecule has 30 heavy (non-hydrogen) atoms. The van der Waals surface area contributed by atoms with E-state index >= 15 is 0 Å². The van der Waals surface area contributed by atoms with Gasteiger partial charge in [0.05, 0.1) is 6.20 Å². The van der Waals surface area contributed by atoms with Crippen molar-refractivity contribution in [2.24, 2.45) is 0 Å². The van der Waals surface area contributed by atoms with E-state index in [1.54, 1.807) is 41.8 Å². The van der Waals surface area contributed by atoms with Crippen LogP contribution in [0.4, 0.5) is 5.69 Å². The topological polar surface area (TPSA) is 79.9 Å². The van der Waals surface area contributed by atoms with Crippen molar-refractivity contribution in [2.75, 3.05) is 5.32 Å². The Kier molecular flexibility index (Phi) is 4.49. The molecule has 5 aromatic rings. The third kappa shape index (κ3) is 3.42. The summed E-state index contributed by atoms with van der Waals surface area (Å²) in [4.78, 5) is 24.9. The number of nitrogens with zero attached hydrogens (tertiary/aromatic N) is 2. The molecule has 3 heterocycles. The van der Waals surface area contributed by atoms with E-state index in [0.717, 1.165) is 16.0 Å². The van der Waals surface area contributed by atoms with Crippen molar-refractivity contribution in [3.8, 4) is 22.1 Å². The van der Waals surface area contributed by atoms with Gasteiger partial charge in [0.15, 0.2) is 5.65 Å². The quantitative estimate of drug-likeness (QED) is 0.360. The van der Waals surface area contributed by atoms with Crippen LogP contribution in [-0.4, -0.2) is 20.9 Å². The van der Waals surface area contributed by atoms with Gasteiger partial charge in [-0.25, -0.2) is 9.97 Å². The number of aromatic amines is 1. The Bertz CT molecular complexity index is 1370. The van der Waals surface area contributed by atoms with Crippen LogP contribution in [0.2, 0.25) is 0 Å². The monoisotopic (exact) mass is 412 g/mol. The maximum absolute atomic E-state index is 11.5. The second kappa shape index (κ2) is 7.46. The number of rotatable bonds is 5. The normalized spacial score (nSPS) is 10.9. The molecule has 0 aliphatic rings. The molecule has 0 saturated carbocycles. The highest BCUT2D eigenvalue weighted by atomic mass is 32.1. The van der Waals surface area contributed by atoms with Gasteiger partial charge in [0.1, 0.15) is 11.3 Å². The van der Waals surface area contributed by atoms with Crippen molar-refractivity contribution in [1.29, 1.82) is 0 Å². The van der Waals surface area contributed by atoms with Gasteiger partial charge in [-0.05, 0) is 35.7 Å². The minimum Gasteiger partial charge on any atom is -0.437 e. The van der Waals surface area contributed by atoms with Crippen LogP contribution in [0.5, 0.6) is 11.6 Å². The Labute approximate surface area is 175 Å². The summed E-state index contributed by atoms with van der Waals surface area (Å²) in [6.45, 7) is 3.45. The van der Waals surface area contributed by atoms with Crippen LogP contribution in [0.25, 0.3) is 31.7 Å². The van der Waals surface area contributed by atoms with Gasteiger partial charge in [-0.3, -0.25) is 4.79 Å². The summed E-state index contributed by atoms with van der Waals surface area (Å²) in [5, 5.41) is 3.91. The predicted octanol–water partition coefficient (Wildman–Crippen LogP) is 5.76. The highest BCUT2D eigenvalue weighted by Crippen LogP contribution is 2.37. The van der Waals surface area contributed by atoms with Crippen LogP contribution in [0.15, 0.2) is 79.6 Å². The molecule has 5 rings (SSSR count). The van der Waals surface area contributed by atoms with E-state index in [1.807, 2.05) is 18.3 Å². The lowest BCUT2D eigenvalue weighted by Gasteiger charge is -2.07. The number of nitrogens with one attached hydrogen (secondary N) is 2. The summed E-state index contributed by atoms with van der Waals surface area (Å²) in [6, 6.07) is 17.5. The van der Waals surface area contributed by atoms with E-state index in [4.69, 9.17) is 4.74 Å². The number of anilines is 1. The molecule has 2 aromatic carbocycles. The number of carbonyl (C=O) groups is 1. The summed E-state index contributed by atoms with van der Waals surface area (Å²) in [5.41, 5.74) is 3.03. The average Bonchev–Trinajstić information content (AvgIpc) is 3.37. The van der Waals surface area contributed by atoms with Crippen LogP contribution >= 0.6 is 11.3 Å². The lowest BCUT2D eigenvalue weighted by atomic mass is 10.2. The first-order chi connectivity index (χ1) is 14.7. The summed E-state index contributed by atoms with van der Waals surface area (Å²) >= 11 is 1.71. The number of amides is 1. The molecule has 0 saturated heterocycles. The molecular weight excluding hydrogens is 396 g/mol. The smallest absolute Gasteiger partial charge is 0.247 e. The van der Waals surface area contributed by atoms with Crippen LogP contribution in [0.3, 0.4) is 0 Å². The van der Waals surface area contributed by atoms with Gasteiger partial charge >= 0.3 is 0 Å². The number of thiophene rings is 1. The Balaban J connectivity index is 1.48. The van der Waals surface area contributed by atoms with Crippen LogP contribution in [0.1, 0.15) is 0 Å². The number of hydrogen-bond acceptors (Lipinski definition) is 5. The molecule has 0 aliphatic carbocycles. The fraction of sp³-hybridized carbons (Fsp3) is 0. The van der Waals surface area contributed by atoms with Gasteiger partial charge in [-0.2, -0.15) is 0 Å². The maximum atomic E-state index is 11.5. The van der Waals surface area contributed by atoms with E-state index < -0.39 is 0 Å². The number of H-pyrrole nitrogens is 1. The second-order valence-electron chi connectivity index (χ2n) is 6.58. The number of carbonyl (C=O) groups excluding carboxylic acids is 1. The molecule has 0 aliphatic heterocycles. The highest BCUT2D eigenvalue weighted by molar-refractivity contribution is 7.22. The van der Waals surface area contributed by atoms with Gasteiger partial charge in [-0.1, -0.05) is 30.8 Å². The predicted molar refractivity (Wildman–Crippen MR) is 120 cm³/mol. The first kappa shape index (κ1) is 18.1. The second-order valence-corrected chi connectivity index (χ2v) is 7.66. The van der Waals surface area contributed by atoms with Crippen molar-refractivity contribution >= 4 is 44.2 Å². The number of ether oxygens (including phenoxy) is 1. The molecule has 0 atom stereocenters. The summed E-state index contributed by atoms with van der Waals surface area (Å²) in [5.74, 6) is 0.634. The number of hydrogen-bond donors (Lipinski definition) is 2. The molecule has 1 amide bonds. The van der Waals surface area contributed by atoms with Gasteiger partial charge in [0.25, 0.3) is 0 Å². The number of fused-ring (bicyclic) bond motifs is 2. The highest BCUT2D eigenvalue weighted by Gasteiger charge is 2.13. The van der Waals surface area contributed by atoms with Crippen molar-refractivity contribution in [2.45, 2.75) is 0 Å². The van der Waals surface area contributed by atoms with Crippen molar-refractivity contribution in [3.63, 3.8) is 0 Å². The van der Waals surface area contributed by atoms with Gasteiger partial charge in [-0.15, -0.1) is 11.3 Å². The Morgan fingerprint density at radius 3 is 2.93 bits per heavy atom. The zero-order chi connectivity index (χ0) is 20.5. The Morgan fingerprint density at radius 2 is 2.07 bits per heavy atom.